The van der Waals surface area contributed by atoms with Gasteiger partial charge in [-0.25, -0.2) is 9.97 Å². The number of pyridine rings is 1. The van der Waals surface area contributed by atoms with Crippen LogP contribution in [0, 0.1) is 6.92 Å². The number of rotatable bonds is 5. The predicted octanol–water partition coefficient (Wildman–Crippen LogP) is 3.91. The molecule has 0 atom stereocenters. The molecular formula is C13H15F3N4S. The van der Waals surface area contributed by atoms with Gasteiger partial charge >= 0.3 is 6.18 Å². The molecule has 21 heavy (non-hydrogen) atoms. The number of aryl methyl sites for hydroxylation is 1. The van der Waals surface area contributed by atoms with Crippen molar-refractivity contribution in [2.75, 3.05) is 17.2 Å². The molecule has 0 aliphatic carbocycles. The molecule has 0 radical (unpaired) electrons. The van der Waals surface area contributed by atoms with Gasteiger partial charge in [0, 0.05) is 17.6 Å². The number of aromatic nitrogens is 2. The Hall–Kier alpha value is -1.83. The van der Waals surface area contributed by atoms with Crippen molar-refractivity contribution in [2.45, 2.75) is 26.6 Å². The van der Waals surface area contributed by atoms with E-state index in [1.165, 1.54) is 11.3 Å². The number of hydrogen-bond acceptors (Lipinski definition) is 5. The molecule has 0 fully saturated rings. The zero-order valence-corrected chi connectivity index (χ0v) is 12.4. The quantitative estimate of drug-likeness (QED) is 0.878. The first-order valence-electron chi connectivity index (χ1n) is 6.37. The maximum Gasteiger partial charge on any atom is 0.416 e. The molecule has 0 unspecified atom stereocenters. The van der Waals surface area contributed by atoms with E-state index in [1.54, 1.807) is 13.1 Å². The van der Waals surface area contributed by atoms with E-state index >= 15 is 0 Å². The zero-order valence-electron chi connectivity index (χ0n) is 11.6. The molecule has 4 nitrogen and oxygen atoms in total. The van der Waals surface area contributed by atoms with Gasteiger partial charge in [0.15, 0.2) is 0 Å². The normalized spacial score (nSPS) is 11.5. The lowest BCUT2D eigenvalue weighted by Crippen LogP contribution is -2.10. The Morgan fingerprint density at radius 3 is 2.38 bits per heavy atom. The largest absolute Gasteiger partial charge is 0.416 e. The van der Waals surface area contributed by atoms with Gasteiger partial charge in [0.25, 0.3) is 0 Å². The molecule has 8 heteroatoms. The summed E-state index contributed by atoms with van der Waals surface area (Å²) in [6.07, 6.45) is -2.67. The Kier molecular flexibility index (Phi) is 4.66. The highest BCUT2D eigenvalue weighted by Gasteiger charge is 2.31. The second-order valence-electron chi connectivity index (χ2n) is 4.37. The van der Waals surface area contributed by atoms with Crippen LogP contribution in [0.15, 0.2) is 18.3 Å². The molecule has 0 amide bonds. The molecular weight excluding hydrogens is 301 g/mol. The van der Waals surface area contributed by atoms with Crippen molar-refractivity contribution in [1.82, 2.24) is 9.97 Å². The van der Waals surface area contributed by atoms with Crippen LogP contribution in [0.4, 0.5) is 24.8 Å². The van der Waals surface area contributed by atoms with Crippen molar-refractivity contribution >= 4 is 23.0 Å². The van der Waals surface area contributed by atoms with Crippen LogP contribution in [0.5, 0.6) is 0 Å². The van der Waals surface area contributed by atoms with Crippen molar-refractivity contribution in [2.24, 2.45) is 0 Å². The number of thiazole rings is 1. The summed E-state index contributed by atoms with van der Waals surface area (Å²) in [4.78, 5) is 9.32. The minimum absolute atomic E-state index is 0.175. The molecule has 0 aliphatic rings. The monoisotopic (exact) mass is 316 g/mol. The van der Waals surface area contributed by atoms with Gasteiger partial charge in [-0.15, -0.1) is 11.3 Å². The lowest BCUT2D eigenvalue weighted by atomic mass is 10.2. The molecule has 2 aromatic heterocycles. The van der Waals surface area contributed by atoms with E-state index in [-0.39, 0.29) is 11.6 Å². The summed E-state index contributed by atoms with van der Waals surface area (Å²) in [5.74, 6) is 0.374. The highest BCUT2D eigenvalue weighted by molar-refractivity contribution is 7.11. The van der Waals surface area contributed by atoms with Crippen LogP contribution in [0.1, 0.15) is 22.4 Å². The van der Waals surface area contributed by atoms with Gasteiger partial charge in [0.05, 0.1) is 12.1 Å². The number of nitrogens with one attached hydrogen (secondary N) is 2. The lowest BCUT2D eigenvalue weighted by Gasteiger charge is -2.12. The van der Waals surface area contributed by atoms with E-state index in [4.69, 9.17) is 0 Å². The number of alkyl halides is 3. The Morgan fingerprint density at radius 2 is 1.86 bits per heavy atom. The molecule has 2 aromatic rings. The zero-order chi connectivity index (χ0) is 15.5. The minimum atomic E-state index is -4.40. The molecule has 0 bridgehead atoms. The summed E-state index contributed by atoms with van der Waals surface area (Å²) in [6.45, 7) is 4.57. The Balaban J connectivity index is 2.19. The second kappa shape index (κ2) is 6.30. The van der Waals surface area contributed by atoms with Crippen LogP contribution in [0.2, 0.25) is 0 Å². The summed E-state index contributed by atoms with van der Waals surface area (Å²) in [7, 11) is 0. The summed E-state index contributed by atoms with van der Waals surface area (Å²) < 4.78 is 38.6. The van der Waals surface area contributed by atoms with Gasteiger partial charge in [-0.05, 0) is 26.0 Å². The maximum absolute atomic E-state index is 12.9. The van der Waals surface area contributed by atoms with Gasteiger partial charge < -0.3 is 10.6 Å². The van der Waals surface area contributed by atoms with Crippen LogP contribution in [0.3, 0.4) is 0 Å². The van der Waals surface area contributed by atoms with Crippen molar-refractivity contribution in [1.29, 1.82) is 0 Å². The van der Waals surface area contributed by atoms with Crippen molar-refractivity contribution in [3.05, 3.63) is 33.8 Å². The fraction of sp³-hybridized carbons (Fsp3) is 0.385. The summed E-state index contributed by atoms with van der Waals surface area (Å²) in [6, 6.07) is 2.00. The van der Waals surface area contributed by atoms with Gasteiger partial charge in [-0.2, -0.15) is 13.2 Å². The third-order valence-corrected chi connectivity index (χ3v) is 3.51. The summed E-state index contributed by atoms with van der Waals surface area (Å²) >= 11 is 1.49. The smallest absolute Gasteiger partial charge is 0.370 e. The first-order valence-corrected chi connectivity index (χ1v) is 7.18. The molecule has 0 saturated carbocycles. The number of hydrogen-bond donors (Lipinski definition) is 2. The lowest BCUT2D eigenvalue weighted by molar-refractivity contribution is -0.137. The standard InChI is InChI=1S/C13H15F3N4S/c1-3-17-10-4-9(13(14,15)16)5-11(20-10)18-7-12-19-6-8(2)21-12/h4-6H,3,7H2,1-2H3,(H2,17,18,20). The van der Waals surface area contributed by atoms with Crippen LogP contribution in [0.25, 0.3) is 0 Å². The maximum atomic E-state index is 12.9. The van der Waals surface area contributed by atoms with E-state index in [0.29, 0.717) is 13.1 Å². The average molecular weight is 316 g/mol. The third-order valence-electron chi connectivity index (χ3n) is 2.60. The summed E-state index contributed by atoms with van der Waals surface area (Å²) in [5, 5.41) is 6.48. The third kappa shape index (κ3) is 4.32. The minimum Gasteiger partial charge on any atom is -0.370 e. The predicted molar refractivity (Wildman–Crippen MR) is 77.6 cm³/mol. The molecule has 2 heterocycles. The average Bonchev–Trinajstić information content (AvgIpc) is 2.81. The Bertz CT molecular complexity index is 610. The van der Waals surface area contributed by atoms with E-state index in [1.807, 2.05) is 6.92 Å². The van der Waals surface area contributed by atoms with Gasteiger partial charge in [-0.3, -0.25) is 0 Å². The molecule has 114 valence electrons. The van der Waals surface area contributed by atoms with Crippen molar-refractivity contribution in [3.63, 3.8) is 0 Å². The van der Waals surface area contributed by atoms with Crippen molar-refractivity contribution in [3.8, 4) is 0 Å². The van der Waals surface area contributed by atoms with Crippen LogP contribution >= 0.6 is 11.3 Å². The SMILES string of the molecule is CCNc1cc(C(F)(F)F)cc(NCc2ncc(C)s2)n1. The Labute approximate surface area is 124 Å². The van der Waals surface area contributed by atoms with Gasteiger partial charge in [-0.1, -0.05) is 0 Å². The Morgan fingerprint density at radius 1 is 1.19 bits per heavy atom. The first-order chi connectivity index (χ1) is 9.88. The van der Waals surface area contributed by atoms with E-state index in [9.17, 15) is 13.2 Å². The van der Waals surface area contributed by atoms with Crippen LogP contribution < -0.4 is 10.6 Å². The molecule has 0 spiro atoms. The van der Waals surface area contributed by atoms with Crippen molar-refractivity contribution < 1.29 is 13.2 Å². The summed E-state index contributed by atoms with van der Waals surface area (Å²) in [5.41, 5.74) is -0.730. The topological polar surface area (TPSA) is 49.8 Å². The van der Waals surface area contributed by atoms with Crippen LogP contribution in [-0.4, -0.2) is 16.5 Å². The number of nitrogens with zero attached hydrogens (tertiary/aromatic N) is 2. The molecule has 2 N–H and O–H groups in total. The fourth-order valence-corrected chi connectivity index (χ4v) is 2.43. The number of anilines is 2. The first kappa shape index (κ1) is 15.6. The molecule has 0 aromatic carbocycles. The van der Waals surface area contributed by atoms with Crippen LogP contribution in [-0.2, 0) is 12.7 Å². The van der Waals surface area contributed by atoms with E-state index in [0.717, 1.165) is 22.0 Å². The highest BCUT2D eigenvalue weighted by Crippen LogP contribution is 2.32. The molecule has 0 saturated heterocycles. The van der Waals surface area contributed by atoms with E-state index in [2.05, 4.69) is 20.6 Å². The van der Waals surface area contributed by atoms with Gasteiger partial charge in [0.2, 0.25) is 0 Å². The molecule has 2 rings (SSSR count). The fourth-order valence-electron chi connectivity index (χ4n) is 1.71. The van der Waals surface area contributed by atoms with E-state index < -0.39 is 11.7 Å². The highest BCUT2D eigenvalue weighted by atomic mass is 32.1. The van der Waals surface area contributed by atoms with Gasteiger partial charge in [0.1, 0.15) is 16.6 Å². The second-order valence-corrected chi connectivity index (χ2v) is 5.69. The molecule has 0 aliphatic heterocycles. The number of halogens is 3.